The van der Waals surface area contributed by atoms with Crippen molar-refractivity contribution in [1.29, 1.82) is 0 Å². The molecule has 2 rings (SSSR count). The lowest BCUT2D eigenvalue weighted by Crippen LogP contribution is -1.96. The SMILES string of the molecule is Cc1cccc(C)c1-c1c([N+](=O)[O-])n[nH]c1[N+](=O)[O-]. The van der Waals surface area contributed by atoms with Gasteiger partial charge in [-0.2, -0.15) is 0 Å². The first-order chi connectivity index (χ1) is 8.93. The highest BCUT2D eigenvalue weighted by Crippen LogP contribution is 2.39. The molecule has 0 aliphatic heterocycles. The molecule has 0 fully saturated rings. The van der Waals surface area contributed by atoms with Crippen LogP contribution in [0.2, 0.25) is 0 Å². The van der Waals surface area contributed by atoms with Gasteiger partial charge in [0.25, 0.3) is 0 Å². The van der Waals surface area contributed by atoms with Crippen LogP contribution in [0.15, 0.2) is 18.2 Å². The van der Waals surface area contributed by atoms with E-state index in [0.717, 1.165) is 0 Å². The van der Waals surface area contributed by atoms with E-state index in [1.54, 1.807) is 32.0 Å². The molecule has 0 aliphatic rings. The molecule has 2 aromatic rings. The van der Waals surface area contributed by atoms with E-state index < -0.39 is 21.5 Å². The number of rotatable bonds is 3. The molecule has 0 aliphatic carbocycles. The van der Waals surface area contributed by atoms with Crippen molar-refractivity contribution in [1.82, 2.24) is 10.2 Å². The first kappa shape index (κ1) is 12.7. The van der Waals surface area contributed by atoms with Gasteiger partial charge in [0.05, 0.1) is 0 Å². The molecule has 0 amide bonds. The quantitative estimate of drug-likeness (QED) is 0.673. The zero-order chi connectivity index (χ0) is 14.2. The topological polar surface area (TPSA) is 115 Å². The molecule has 1 aromatic heterocycles. The van der Waals surface area contributed by atoms with Crippen molar-refractivity contribution in [2.75, 3.05) is 0 Å². The maximum Gasteiger partial charge on any atom is 0.428 e. The summed E-state index contributed by atoms with van der Waals surface area (Å²) >= 11 is 0. The van der Waals surface area contributed by atoms with Gasteiger partial charge in [-0.25, -0.2) is 0 Å². The van der Waals surface area contributed by atoms with Gasteiger partial charge in [0, 0.05) is 5.56 Å². The lowest BCUT2D eigenvalue weighted by atomic mass is 9.97. The Morgan fingerprint density at radius 2 is 1.63 bits per heavy atom. The van der Waals surface area contributed by atoms with Crippen LogP contribution in [0.3, 0.4) is 0 Å². The van der Waals surface area contributed by atoms with Crippen molar-refractivity contribution in [3.63, 3.8) is 0 Å². The van der Waals surface area contributed by atoms with Crippen LogP contribution in [0.1, 0.15) is 11.1 Å². The second-order valence-corrected chi connectivity index (χ2v) is 4.05. The van der Waals surface area contributed by atoms with Crippen LogP contribution < -0.4 is 0 Å². The Morgan fingerprint density at radius 3 is 2.11 bits per heavy atom. The van der Waals surface area contributed by atoms with Gasteiger partial charge in [0.2, 0.25) is 0 Å². The first-order valence-electron chi connectivity index (χ1n) is 5.37. The molecular weight excluding hydrogens is 252 g/mol. The van der Waals surface area contributed by atoms with Crippen LogP contribution in [0.5, 0.6) is 0 Å². The molecule has 19 heavy (non-hydrogen) atoms. The number of H-pyrrole nitrogens is 1. The molecule has 0 bridgehead atoms. The Labute approximate surface area is 107 Å². The number of nitrogens with one attached hydrogen (secondary N) is 1. The number of hydrogen-bond donors (Lipinski definition) is 1. The number of aryl methyl sites for hydroxylation is 2. The summed E-state index contributed by atoms with van der Waals surface area (Å²) in [7, 11) is 0. The molecule has 0 unspecified atom stereocenters. The number of benzene rings is 1. The minimum Gasteiger partial charge on any atom is -0.358 e. The van der Waals surface area contributed by atoms with Crippen molar-refractivity contribution >= 4 is 11.6 Å². The van der Waals surface area contributed by atoms with Crippen LogP contribution in [-0.2, 0) is 0 Å². The average Bonchev–Trinajstić information content (AvgIpc) is 2.73. The van der Waals surface area contributed by atoms with Crippen molar-refractivity contribution in [2.45, 2.75) is 13.8 Å². The summed E-state index contributed by atoms with van der Waals surface area (Å²) in [4.78, 5) is 20.5. The minimum atomic E-state index is -0.731. The van der Waals surface area contributed by atoms with Gasteiger partial charge in [-0.3, -0.25) is 0 Å². The molecule has 0 radical (unpaired) electrons. The van der Waals surface area contributed by atoms with Crippen LogP contribution in [-0.4, -0.2) is 20.0 Å². The van der Waals surface area contributed by atoms with Gasteiger partial charge in [0.1, 0.15) is 5.10 Å². The van der Waals surface area contributed by atoms with Gasteiger partial charge in [-0.1, -0.05) is 18.2 Å². The monoisotopic (exact) mass is 262 g/mol. The molecule has 1 aromatic carbocycles. The number of nitro groups is 2. The van der Waals surface area contributed by atoms with Gasteiger partial charge < -0.3 is 20.2 Å². The fourth-order valence-electron chi connectivity index (χ4n) is 2.03. The summed E-state index contributed by atoms with van der Waals surface area (Å²) in [6.45, 7) is 3.48. The summed E-state index contributed by atoms with van der Waals surface area (Å²) in [6, 6.07) is 5.26. The van der Waals surface area contributed by atoms with Crippen LogP contribution in [0.25, 0.3) is 11.1 Å². The summed E-state index contributed by atoms with van der Waals surface area (Å²) < 4.78 is 0. The zero-order valence-corrected chi connectivity index (χ0v) is 10.2. The number of aromatic amines is 1. The van der Waals surface area contributed by atoms with Crippen LogP contribution in [0.4, 0.5) is 11.6 Å². The standard InChI is InChI=1S/C11H10N4O4/c1-6-4-3-5-7(2)8(6)9-10(14(16)17)12-13-11(9)15(18)19/h3-5H,1-2H3,(H,12,13). The lowest BCUT2D eigenvalue weighted by Gasteiger charge is -2.06. The van der Waals surface area contributed by atoms with E-state index in [1.807, 2.05) is 0 Å². The van der Waals surface area contributed by atoms with Crippen LogP contribution in [0, 0.1) is 34.1 Å². The third-order valence-electron chi connectivity index (χ3n) is 2.81. The predicted octanol–water partition coefficient (Wildman–Crippen LogP) is 2.51. The number of aromatic nitrogens is 2. The van der Waals surface area contributed by atoms with E-state index in [2.05, 4.69) is 10.2 Å². The number of hydrogen-bond acceptors (Lipinski definition) is 5. The molecule has 0 spiro atoms. The average molecular weight is 262 g/mol. The van der Waals surface area contributed by atoms with Crippen molar-refractivity contribution in [3.05, 3.63) is 49.6 Å². The van der Waals surface area contributed by atoms with Gasteiger partial charge in [0.15, 0.2) is 5.56 Å². The molecule has 8 heteroatoms. The van der Waals surface area contributed by atoms with E-state index in [9.17, 15) is 20.2 Å². The van der Waals surface area contributed by atoms with Gasteiger partial charge in [-0.15, -0.1) is 0 Å². The van der Waals surface area contributed by atoms with E-state index in [1.165, 1.54) is 0 Å². The minimum absolute atomic E-state index is 0.0781. The molecule has 0 saturated heterocycles. The Balaban J connectivity index is 2.83. The summed E-state index contributed by atoms with van der Waals surface area (Å²) in [5.74, 6) is -1.01. The third kappa shape index (κ3) is 2.03. The summed E-state index contributed by atoms with van der Waals surface area (Å²) in [5, 5.41) is 27.5. The van der Waals surface area contributed by atoms with E-state index in [4.69, 9.17) is 0 Å². The Bertz CT molecular complexity index is 626. The molecule has 1 N–H and O–H groups in total. The van der Waals surface area contributed by atoms with Crippen molar-refractivity contribution in [2.24, 2.45) is 0 Å². The van der Waals surface area contributed by atoms with Crippen molar-refractivity contribution < 1.29 is 9.85 Å². The maximum absolute atomic E-state index is 11.0. The Kier molecular flexibility index (Phi) is 2.99. The van der Waals surface area contributed by atoms with Crippen molar-refractivity contribution in [3.8, 4) is 11.1 Å². The largest absolute Gasteiger partial charge is 0.428 e. The smallest absolute Gasteiger partial charge is 0.358 e. The summed E-state index contributed by atoms with van der Waals surface area (Å²) in [6.07, 6.45) is 0. The molecule has 1 heterocycles. The molecule has 98 valence electrons. The lowest BCUT2D eigenvalue weighted by molar-refractivity contribution is -0.392. The molecular formula is C11H10N4O4. The fraction of sp³-hybridized carbons (Fsp3) is 0.182. The van der Waals surface area contributed by atoms with Crippen LogP contribution >= 0.6 is 0 Å². The fourth-order valence-corrected chi connectivity index (χ4v) is 2.03. The van der Waals surface area contributed by atoms with E-state index in [-0.39, 0.29) is 5.56 Å². The molecule has 0 saturated carbocycles. The van der Waals surface area contributed by atoms with Gasteiger partial charge in [-0.05, 0) is 39.9 Å². The van der Waals surface area contributed by atoms with E-state index in [0.29, 0.717) is 16.7 Å². The molecule has 8 nitrogen and oxygen atoms in total. The predicted molar refractivity (Wildman–Crippen MR) is 66.8 cm³/mol. The zero-order valence-electron chi connectivity index (χ0n) is 10.2. The third-order valence-corrected chi connectivity index (χ3v) is 2.81. The Hall–Kier alpha value is -2.77. The summed E-state index contributed by atoms with van der Waals surface area (Å²) in [5.41, 5.74) is 1.82. The highest BCUT2D eigenvalue weighted by Gasteiger charge is 2.34. The normalized spacial score (nSPS) is 10.4. The second kappa shape index (κ2) is 4.48. The molecule has 0 atom stereocenters. The van der Waals surface area contributed by atoms with Gasteiger partial charge >= 0.3 is 11.6 Å². The second-order valence-electron chi connectivity index (χ2n) is 4.05. The maximum atomic E-state index is 11.0. The van der Waals surface area contributed by atoms with E-state index >= 15 is 0 Å². The number of nitrogens with zero attached hydrogens (tertiary/aromatic N) is 3. The highest BCUT2D eigenvalue weighted by molar-refractivity contribution is 5.82. The first-order valence-corrected chi connectivity index (χ1v) is 5.37. The highest BCUT2D eigenvalue weighted by atomic mass is 16.6. The Morgan fingerprint density at radius 1 is 1.05 bits per heavy atom.